The van der Waals surface area contributed by atoms with E-state index in [4.69, 9.17) is 5.73 Å². The summed E-state index contributed by atoms with van der Waals surface area (Å²) in [5, 5.41) is 5.97. The number of hydrogen-bond donors (Lipinski definition) is 3. The predicted molar refractivity (Wildman–Crippen MR) is 105 cm³/mol. The molecule has 26 heavy (non-hydrogen) atoms. The second-order valence-electron chi connectivity index (χ2n) is 8.21. The summed E-state index contributed by atoms with van der Waals surface area (Å²) in [7, 11) is 0. The minimum Gasteiger partial charge on any atom is -0.365 e. The third-order valence-corrected chi connectivity index (χ3v) is 5.57. The van der Waals surface area contributed by atoms with Crippen molar-refractivity contribution in [2.75, 3.05) is 19.6 Å². The minimum atomic E-state index is -0.487. The van der Waals surface area contributed by atoms with Crippen LogP contribution in [0, 0.1) is 17.8 Å². The van der Waals surface area contributed by atoms with Crippen LogP contribution in [0.5, 0.6) is 0 Å². The van der Waals surface area contributed by atoms with E-state index in [0.29, 0.717) is 18.9 Å². The molecule has 6 heteroatoms. The van der Waals surface area contributed by atoms with E-state index in [1.807, 2.05) is 13.8 Å². The molecule has 1 fully saturated rings. The Kier molecular flexibility index (Phi) is 8.55. The Hall–Kier alpha value is -1.43. The topological polar surface area (TPSA) is 96.6 Å². The molecule has 6 nitrogen and oxygen atoms in total. The predicted octanol–water partition coefficient (Wildman–Crippen LogP) is 2.02. The first kappa shape index (κ1) is 20.9. The lowest BCUT2D eigenvalue weighted by atomic mass is 9.82. The Morgan fingerprint density at radius 1 is 1.19 bits per heavy atom. The van der Waals surface area contributed by atoms with Gasteiger partial charge in [-0.2, -0.15) is 0 Å². The van der Waals surface area contributed by atoms with Gasteiger partial charge in [0, 0.05) is 18.9 Å². The van der Waals surface area contributed by atoms with Crippen LogP contribution in [-0.4, -0.2) is 43.2 Å². The molecule has 0 aromatic heterocycles. The fraction of sp³-hybridized carbons (Fsp3) is 0.850. The molecule has 0 radical (unpaired) electrons. The normalized spacial score (nSPS) is 22.2. The first-order valence-corrected chi connectivity index (χ1v) is 10.3. The van der Waals surface area contributed by atoms with Crippen LogP contribution in [0.1, 0.15) is 65.2 Å². The van der Waals surface area contributed by atoms with Crippen LogP contribution in [0.4, 0.5) is 0 Å². The van der Waals surface area contributed by atoms with E-state index in [1.165, 1.54) is 38.5 Å². The quantitative estimate of drug-likeness (QED) is 0.583. The summed E-state index contributed by atoms with van der Waals surface area (Å²) in [5.74, 6) is 2.18. The smallest absolute Gasteiger partial charge is 0.239 e. The molecule has 0 aromatic carbocycles. The van der Waals surface area contributed by atoms with Gasteiger partial charge in [-0.05, 0) is 31.2 Å². The Labute approximate surface area is 157 Å². The Morgan fingerprint density at radius 2 is 1.92 bits per heavy atom. The number of carbonyl (C=O) groups is 2. The summed E-state index contributed by atoms with van der Waals surface area (Å²) in [4.78, 5) is 28.9. The Morgan fingerprint density at radius 3 is 2.58 bits per heavy atom. The maximum absolute atomic E-state index is 12.2. The first-order valence-electron chi connectivity index (χ1n) is 10.3. The molecule has 2 atom stereocenters. The highest BCUT2D eigenvalue weighted by atomic mass is 16.2. The highest BCUT2D eigenvalue weighted by molar-refractivity contribution is 5.92. The maximum atomic E-state index is 12.2. The molecule has 0 spiro atoms. The van der Waals surface area contributed by atoms with Crippen LogP contribution in [0.3, 0.4) is 0 Å². The van der Waals surface area contributed by atoms with Crippen molar-refractivity contribution in [3.63, 3.8) is 0 Å². The van der Waals surface area contributed by atoms with Crippen LogP contribution in [-0.2, 0) is 9.59 Å². The van der Waals surface area contributed by atoms with Gasteiger partial charge < -0.3 is 16.4 Å². The van der Waals surface area contributed by atoms with Crippen molar-refractivity contribution < 1.29 is 9.59 Å². The molecule has 1 saturated carbocycles. The molecule has 2 aliphatic rings. The molecule has 1 aliphatic carbocycles. The highest BCUT2D eigenvalue weighted by Crippen LogP contribution is 2.31. The SMILES string of the molecule is CC(C)C(=O)C(CCN)NC(=O)CNC1=NCC(CC2CCCCC2)C1. The largest absolute Gasteiger partial charge is 0.365 e. The van der Waals surface area contributed by atoms with Crippen LogP contribution < -0.4 is 16.4 Å². The number of nitrogens with zero attached hydrogens (tertiary/aromatic N) is 1. The van der Waals surface area contributed by atoms with Gasteiger partial charge in [0.05, 0.1) is 18.4 Å². The molecule has 0 saturated heterocycles. The zero-order valence-corrected chi connectivity index (χ0v) is 16.4. The van der Waals surface area contributed by atoms with Crippen molar-refractivity contribution >= 4 is 17.5 Å². The number of carbonyl (C=O) groups excluding carboxylic acids is 2. The van der Waals surface area contributed by atoms with Crippen LogP contribution >= 0.6 is 0 Å². The zero-order valence-electron chi connectivity index (χ0n) is 16.4. The molecule has 148 valence electrons. The molecule has 1 aliphatic heterocycles. The number of nitrogens with one attached hydrogen (secondary N) is 2. The molecule has 2 unspecified atom stereocenters. The monoisotopic (exact) mass is 364 g/mol. The molecule has 4 N–H and O–H groups in total. The fourth-order valence-corrected chi connectivity index (χ4v) is 4.10. The van der Waals surface area contributed by atoms with Crippen molar-refractivity contribution in [2.45, 2.75) is 71.3 Å². The van der Waals surface area contributed by atoms with Crippen molar-refractivity contribution in [3.05, 3.63) is 0 Å². The van der Waals surface area contributed by atoms with Crippen molar-refractivity contribution in [1.29, 1.82) is 0 Å². The molecule has 0 bridgehead atoms. The van der Waals surface area contributed by atoms with Gasteiger partial charge in [-0.15, -0.1) is 0 Å². The molecular formula is C20H36N4O2. The zero-order chi connectivity index (χ0) is 18.9. The summed E-state index contributed by atoms with van der Waals surface area (Å²) in [6.45, 7) is 5.11. The van der Waals surface area contributed by atoms with E-state index < -0.39 is 6.04 Å². The second kappa shape index (κ2) is 10.7. The van der Waals surface area contributed by atoms with Gasteiger partial charge in [0.25, 0.3) is 0 Å². The number of nitrogens with two attached hydrogens (primary N) is 1. The van der Waals surface area contributed by atoms with E-state index in [2.05, 4.69) is 15.6 Å². The van der Waals surface area contributed by atoms with E-state index in [1.54, 1.807) is 0 Å². The van der Waals surface area contributed by atoms with Gasteiger partial charge in [-0.25, -0.2) is 0 Å². The summed E-state index contributed by atoms with van der Waals surface area (Å²) in [5.41, 5.74) is 5.57. The molecule has 0 aromatic rings. The number of aliphatic imine (C=N–C) groups is 1. The lowest BCUT2D eigenvalue weighted by molar-refractivity contribution is -0.129. The third-order valence-electron chi connectivity index (χ3n) is 5.57. The molecular weight excluding hydrogens is 328 g/mol. The maximum Gasteiger partial charge on any atom is 0.239 e. The van der Waals surface area contributed by atoms with Crippen molar-refractivity contribution in [3.8, 4) is 0 Å². The summed E-state index contributed by atoms with van der Waals surface area (Å²) in [6, 6.07) is -0.487. The molecule has 1 amide bonds. The number of amidine groups is 1. The lowest BCUT2D eigenvalue weighted by Crippen LogP contribution is -2.47. The van der Waals surface area contributed by atoms with Gasteiger partial charge in [0.2, 0.25) is 5.91 Å². The number of hydrogen-bond acceptors (Lipinski definition) is 5. The van der Waals surface area contributed by atoms with E-state index in [0.717, 1.165) is 24.7 Å². The van der Waals surface area contributed by atoms with E-state index in [9.17, 15) is 9.59 Å². The van der Waals surface area contributed by atoms with E-state index >= 15 is 0 Å². The minimum absolute atomic E-state index is 0.0366. The van der Waals surface area contributed by atoms with Crippen LogP contribution in [0.25, 0.3) is 0 Å². The summed E-state index contributed by atoms with van der Waals surface area (Å²) >= 11 is 0. The summed E-state index contributed by atoms with van der Waals surface area (Å²) < 4.78 is 0. The van der Waals surface area contributed by atoms with Crippen LogP contribution in [0.15, 0.2) is 4.99 Å². The third kappa shape index (κ3) is 6.71. The highest BCUT2D eigenvalue weighted by Gasteiger charge is 2.25. The number of rotatable bonds is 9. The Balaban J connectivity index is 1.69. The average Bonchev–Trinajstić information content (AvgIpc) is 3.07. The van der Waals surface area contributed by atoms with Crippen molar-refractivity contribution in [1.82, 2.24) is 10.6 Å². The van der Waals surface area contributed by atoms with Gasteiger partial charge >= 0.3 is 0 Å². The molecule has 2 rings (SSSR count). The average molecular weight is 365 g/mol. The first-order chi connectivity index (χ1) is 12.5. The number of ketones is 1. The number of Topliss-reactive ketones (excluding diaryl/α,β-unsaturated/α-hetero) is 1. The Bertz CT molecular complexity index is 498. The van der Waals surface area contributed by atoms with Crippen molar-refractivity contribution in [2.24, 2.45) is 28.5 Å². The van der Waals surface area contributed by atoms with Gasteiger partial charge in [-0.1, -0.05) is 46.0 Å². The van der Waals surface area contributed by atoms with Gasteiger partial charge in [-0.3, -0.25) is 14.6 Å². The lowest BCUT2D eigenvalue weighted by Gasteiger charge is -2.24. The molecule has 1 heterocycles. The van der Waals surface area contributed by atoms with E-state index in [-0.39, 0.29) is 24.2 Å². The standard InChI is InChI=1S/C20H36N4O2/c1-14(2)20(26)17(8-9-21)24-19(25)13-23-18-11-16(12-22-18)10-15-6-4-3-5-7-15/h14-17H,3-13,21H2,1-2H3,(H,22,23)(H,24,25). The number of amides is 1. The summed E-state index contributed by atoms with van der Waals surface area (Å²) in [6.07, 6.45) is 9.58. The van der Waals surface area contributed by atoms with Gasteiger partial charge in [0.1, 0.15) is 0 Å². The second-order valence-corrected chi connectivity index (χ2v) is 8.21. The van der Waals surface area contributed by atoms with Gasteiger partial charge in [0.15, 0.2) is 5.78 Å². The fourth-order valence-electron chi connectivity index (χ4n) is 4.10. The van der Waals surface area contributed by atoms with Crippen LogP contribution in [0.2, 0.25) is 0 Å².